The van der Waals surface area contributed by atoms with Gasteiger partial charge in [0.05, 0.1) is 0 Å². The molecule has 1 aromatic rings. The summed E-state index contributed by atoms with van der Waals surface area (Å²) < 4.78 is 0. The Morgan fingerprint density at radius 2 is 2.29 bits per heavy atom. The maximum Gasteiger partial charge on any atom is 0.276 e. The van der Waals surface area contributed by atoms with E-state index < -0.39 is 17.9 Å². The van der Waals surface area contributed by atoms with Gasteiger partial charge in [0.25, 0.3) is 5.91 Å². The quantitative estimate of drug-likeness (QED) is 0.746. The fourth-order valence-corrected chi connectivity index (χ4v) is 2.00. The zero-order valence-corrected chi connectivity index (χ0v) is 9.17. The summed E-state index contributed by atoms with van der Waals surface area (Å²) in [7, 11) is 0. The number of primary amides is 1. The molecule has 2 heterocycles. The molecule has 3 N–H and O–H groups in total. The molecule has 1 aromatic heterocycles. The molecule has 0 radical (unpaired) electrons. The van der Waals surface area contributed by atoms with Crippen molar-refractivity contribution in [2.24, 2.45) is 5.73 Å². The minimum absolute atomic E-state index is 0.0411. The molecule has 1 aliphatic heterocycles. The number of pyridine rings is 1. The van der Waals surface area contributed by atoms with E-state index in [9.17, 15) is 14.7 Å². The van der Waals surface area contributed by atoms with Crippen molar-refractivity contribution >= 4 is 11.8 Å². The first kappa shape index (κ1) is 11.4. The summed E-state index contributed by atoms with van der Waals surface area (Å²) in [5.74, 6) is -1.16. The maximum absolute atomic E-state index is 12.1. The van der Waals surface area contributed by atoms with Gasteiger partial charge in [0, 0.05) is 12.7 Å². The number of rotatable bonds is 2. The zero-order valence-electron chi connectivity index (χ0n) is 9.17. The second-order valence-electron chi connectivity index (χ2n) is 3.93. The largest absolute Gasteiger partial charge is 0.505 e. The van der Waals surface area contributed by atoms with Crippen LogP contribution in [0.2, 0.25) is 0 Å². The van der Waals surface area contributed by atoms with Crippen LogP contribution in [0.3, 0.4) is 0 Å². The first-order valence-electron chi connectivity index (χ1n) is 5.35. The third kappa shape index (κ3) is 2.06. The number of nitrogens with two attached hydrogens (primary N) is 1. The van der Waals surface area contributed by atoms with E-state index in [1.165, 1.54) is 23.2 Å². The molecule has 0 saturated carbocycles. The normalized spacial score (nSPS) is 19.3. The number of hydrogen-bond donors (Lipinski definition) is 2. The lowest BCUT2D eigenvalue weighted by atomic mass is 10.2. The number of likely N-dealkylation sites (tertiary alicyclic amines) is 1. The summed E-state index contributed by atoms with van der Waals surface area (Å²) in [5, 5.41) is 9.54. The van der Waals surface area contributed by atoms with Crippen molar-refractivity contribution < 1.29 is 14.7 Å². The van der Waals surface area contributed by atoms with Gasteiger partial charge in [-0.15, -0.1) is 0 Å². The van der Waals surface area contributed by atoms with Gasteiger partial charge in [-0.2, -0.15) is 0 Å². The van der Waals surface area contributed by atoms with E-state index in [0.717, 1.165) is 6.42 Å². The highest BCUT2D eigenvalue weighted by Gasteiger charge is 2.34. The monoisotopic (exact) mass is 235 g/mol. The predicted octanol–water partition coefficient (Wildman–Crippen LogP) is -0.123. The van der Waals surface area contributed by atoms with Crippen LogP contribution >= 0.6 is 0 Å². The summed E-state index contributed by atoms with van der Waals surface area (Å²) >= 11 is 0. The molecule has 1 unspecified atom stereocenters. The van der Waals surface area contributed by atoms with Crippen LogP contribution in [0.25, 0.3) is 0 Å². The number of hydrogen-bond acceptors (Lipinski definition) is 4. The molecule has 2 amide bonds. The summed E-state index contributed by atoms with van der Waals surface area (Å²) in [6.07, 6.45) is 2.71. The van der Waals surface area contributed by atoms with Crippen molar-refractivity contribution in [2.45, 2.75) is 18.9 Å². The Hall–Kier alpha value is -2.11. The van der Waals surface area contributed by atoms with E-state index in [0.29, 0.717) is 13.0 Å². The van der Waals surface area contributed by atoms with Crippen LogP contribution < -0.4 is 5.73 Å². The molecule has 1 fully saturated rings. The fourth-order valence-electron chi connectivity index (χ4n) is 2.00. The standard InChI is InChI=1S/C11H13N3O3/c12-10(16)7-3-2-6-14(7)11(17)9-8(15)4-1-5-13-9/h1,4-5,7,15H,2-3,6H2,(H2,12,16). The molecule has 0 aliphatic carbocycles. The van der Waals surface area contributed by atoms with Gasteiger partial charge in [0.2, 0.25) is 5.91 Å². The highest BCUT2D eigenvalue weighted by Crippen LogP contribution is 2.22. The molecule has 1 saturated heterocycles. The molecule has 1 atom stereocenters. The van der Waals surface area contributed by atoms with E-state index in [1.54, 1.807) is 0 Å². The Kier molecular flexibility index (Phi) is 2.95. The maximum atomic E-state index is 12.1. The van der Waals surface area contributed by atoms with Crippen molar-refractivity contribution in [1.82, 2.24) is 9.88 Å². The lowest BCUT2D eigenvalue weighted by molar-refractivity contribution is -0.121. The Balaban J connectivity index is 2.26. The summed E-state index contributed by atoms with van der Waals surface area (Å²) in [6, 6.07) is 2.32. The van der Waals surface area contributed by atoms with Crippen molar-refractivity contribution in [2.75, 3.05) is 6.54 Å². The SMILES string of the molecule is NC(=O)C1CCCN1C(=O)c1ncccc1O. The van der Waals surface area contributed by atoms with Crippen LogP contribution in [0.4, 0.5) is 0 Å². The Morgan fingerprint density at radius 1 is 1.53 bits per heavy atom. The van der Waals surface area contributed by atoms with Gasteiger partial charge in [-0.25, -0.2) is 4.98 Å². The summed E-state index contributed by atoms with van der Waals surface area (Å²) in [4.78, 5) is 28.4. The minimum atomic E-state index is -0.594. The average molecular weight is 235 g/mol. The smallest absolute Gasteiger partial charge is 0.276 e. The molecular formula is C11H13N3O3. The van der Waals surface area contributed by atoms with Gasteiger partial charge in [0.15, 0.2) is 5.69 Å². The van der Waals surface area contributed by atoms with Crippen LogP contribution in [-0.2, 0) is 4.79 Å². The third-order valence-corrected chi connectivity index (χ3v) is 2.83. The van der Waals surface area contributed by atoms with Crippen LogP contribution in [0, 0.1) is 0 Å². The second kappa shape index (κ2) is 4.40. The van der Waals surface area contributed by atoms with Crippen LogP contribution in [-0.4, -0.2) is 39.4 Å². The van der Waals surface area contributed by atoms with E-state index in [4.69, 9.17) is 5.73 Å². The van der Waals surface area contributed by atoms with Crippen LogP contribution in [0.1, 0.15) is 23.3 Å². The Labute approximate surface area is 98.1 Å². The lowest BCUT2D eigenvalue weighted by Crippen LogP contribution is -2.43. The molecule has 2 rings (SSSR count). The molecule has 1 aliphatic rings. The van der Waals surface area contributed by atoms with E-state index >= 15 is 0 Å². The van der Waals surface area contributed by atoms with Gasteiger partial charge < -0.3 is 15.7 Å². The molecular weight excluding hydrogens is 222 g/mol. The highest BCUT2D eigenvalue weighted by molar-refractivity contribution is 5.98. The van der Waals surface area contributed by atoms with Gasteiger partial charge in [-0.05, 0) is 25.0 Å². The molecule has 6 nitrogen and oxygen atoms in total. The van der Waals surface area contributed by atoms with E-state index in [-0.39, 0.29) is 11.4 Å². The number of aromatic nitrogens is 1. The van der Waals surface area contributed by atoms with Gasteiger partial charge in [0.1, 0.15) is 11.8 Å². The molecule has 0 bridgehead atoms. The third-order valence-electron chi connectivity index (χ3n) is 2.83. The van der Waals surface area contributed by atoms with Gasteiger partial charge in [-0.1, -0.05) is 0 Å². The first-order valence-corrected chi connectivity index (χ1v) is 5.35. The van der Waals surface area contributed by atoms with Crippen LogP contribution in [0.5, 0.6) is 5.75 Å². The number of amides is 2. The van der Waals surface area contributed by atoms with Crippen molar-refractivity contribution in [3.63, 3.8) is 0 Å². The Bertz CT molecular complexity index is 461. The van der Waals surface area contributed by atoms with Crippen molar-refractivity contribution in [3.05, 3.63) is 24.0 Å². The first-order chi connectivity index (χ1) is 8.11. The van der Waals surface area contributed by atoms with E-state index in [2.05, 4.69) is 4.98 Å². The molecule has 6 heteroatoms. The number of carbonyl (C=O) groups is 2. The second-order valence-corrected chi connectivity index (χ2v) is 3.93. The predicted molar refractivity (Wildman–Crippen MR) is 59.2 cm³/mol. The number of carbonyl (C=O) groups excluding carboxylic acids is 2. The molecule has 0 aromatic carbocycles. The summed E-state index contributed by atoms with van der Waals surface area (Å²) in [6.45, 7) is 0.461. The molecule has 17 heavy (non-hydrogen) atoms. The Morgan fingerprint density at radius 3 is 2.94 bits per heavy atom. The molecule has 0 spiro atoms. The fraction of sp³-hybridized carbons (Fsp3) is 0.364. The van der Waals surface area contributed by atoms with Gasteiger partial charge >= 0.3 is 0 Å². The molecule has 90 valence electrons. The number of nitrogens with zero attached hydrogens (tertiary/aromatic N) is 2. The number of aromatic hydroxyl groups is 1. The highest BCUT2D eigenvalue weighted by atomic mass is 16.3. The minimum Gasteiger partial charge on any atom is -0.505 e. The van der Waals surface area contributed by atoms with Crippen LogP contribution in [0.15, 0.2) is 18.3 Å². The lowest BCUT2D eigenvalue weighted by Gasteiger charge is -2.21. The van der Waals surface area contributed by atoms with E-state index in [1.807, 2.05) is 0 Å². The topological polar surface area (TPSA) is 96.5 Å². The van der Waals surface area contributed by atoms with Gasteiger partial charge in [-0.3, -0.25) is 9.59 Å². The van der Waals surface area contributed by atoms with Crippen molar-refractivity contribution in [1.29, 1.82) is 0 Å². The average Bonchev–Trinajstić information content (AvgIpc) is 2.77. The van der Waals surface area contributed by atoms with Crippen molar-refractivity contribution in [3.8, 4) is 5.75 Å². The zero-order chi connectivity index (χ0) is 12.4. The summed E-state index contributed by atoms with van der Waals surface area (Å²) in [5.41, 5.74) is 5.19.